The minimum atomic E-state index is -0.654. The summed E-state index contributed by atoms with van der Waals surface area (Å²) in [7, 11) is 0. The van der Waals surface area contributed by atoms with Crippen molar-refractivity contribution in [2.45, 2.75) is 63.5 Å². The molecule has 0 atom stereocenters. The van der Waals surface area contributed by atoms with Crippen molar-refractivity contribution >= 4 is 17.5 Å². The van der Waals surface area contributed by atoms with E-state index in [4.69, 9.17) is 9.47 Å². The molecule has 2 aliphatic rings. The van der Waals surface area contributed by atoms with Gasteiger partial charge in [-0.1, -0.05) is 0 Å². The maximum absolute atomic E-state index is 14.7. The topological polar surface area (TPSA) is 106 Å². The van der Waals surface area contributed by atoms with Gasteiger partial charge >= 0.3 is 0 Å². The van der Waals surface area contributed by atoms with Crippen LogP contribution in [0.1, 0.15) is 61.7 Å². The van der Waals surface area contributed by atoms with Crippen LogP contribution in [-0.4, -0.2) is 46.3 Å². The summed E-state index contributed by atoms with van der Waals surface area (Å²) in [6.45, 7) is 0.735. The second-order valence-corrected chi connectivity index (χ2v) is 9.96. The summed E-state index contributed by atoms with van der Waals surface area (Å²) in [6.07, 6.45) is 6.76. The Morgan fingerprint density at radius 2 is 1.67 bits per heavy atom. The van der Waals surface area contributed by atoms with Crippen LogP contribution in [0.4, 0.5) is 20.4 Å². The predicted octanol–water partition coefficient (Wildman–Crippen LogP) is 5.53. The Morgan fingerprint density at radius 3 is 2.44 bits per heavy atom. The number of hydrogen-bond acceptors (Lipinski definition) is 7. The van der Waals surface area contributed by atoms with Crippen LogP contribution in [0, 0.1) is 11.6 Å². The van der Waals surface area contributed by atoms with Crippen LogP contribution < -0.4 is 20.1 Å². The van der Waals surface area contributed by atoms with E-state index in [1.54, 1.807) is 18.2 Å². The molecule has 10 heteroatoms. The molecule has 8 nitrogen and oxygen atoms in total. The van der Waals surface area contributed by atoms with Crippen LogP contribution in [0.5, 0.6) is 11.5 Å². The zero-order valence-electron chi connectivity index (χ0n) is 21.6. The van der Waals surface area contributed by atoms with Crippen molar-refractivity contribution < 1.29 is 28.2 Å². The number of rotatable bonds is 2. The minimum Gasteiger partial charge on any atom is -0.493 e. The average molecular weight is 539 g/mol. The van der Waals surface area contributed by atoms with Crippen LogP contribution in [0.3, 0.4) is 0 Å². The van der Waals surface area contributed by atoms with Crippen LogP contribution >= 0.6 is 0 Å². The number of carbonyl (C=O) groups is 1. The van der Waals surface area contributed by atoms with E-state index < -0.39 is 11.6 Å². The molecule has 5 rings (SSSR count). The molecular formula is C29H32F2N4O4. The Bertz CT molecular complexity index is 1310. The number of aliphatic hydroxyl groups excluding tert-OH is 1. The first-order valence-corrected chi connectivity index (χ1v) is 13.4. The van der Waals surface area contributed by atoms with Gasteiger partial charge in [0, 0.05) is 23.4 Å². The Labute approximate surface area is 225 Å². The maximum atomic E-state index is 14.7. The van der Waals surface area contributed by atoms with Gasteiger partial charge in [-0.2, -0.15) is 0 Å². The monoisotopic (exact) mass is 538 g/mol. The molecule has 2 heterocycles. The molecule has 6 bridgehead atoms. The molecule has 2 aromatic carbocycles. The van der Waals surface area contributed by atoms with Gasteiger partial charge in [0.2, 0.25) is 5.95 Å². The Morgan fingerprint density at radius 1 is 0.923 bits per heavy atom. The van der Waals surface area contributed by atoms with Crippen LogP contribution in [0.2, 0.25) is 0 Å². The number of ether oxygens (including phenoxy) is 2. The van der Waals surface area contributed by atoms with Crippen LogP contribution in [0.15, 0.2) is 42.6 Å². The summed E-state index contributed by atoms with van der Waals surface area (Å²) >= 11 is 0. The van der Waals surface area contributed by atoms with Crippen LogP contribution in [0.25, 0.3) is 11.3 Å². The first-order valence-electron chi connectivity index (χ1n) is 13.4. The third-order valence-electron chi connectivity index (χ3n) is 7.02. The van der Waals surface area contributed by atoms with Crippen molar-refractivity contribution in [3.8, 4) is 22.8 Å². The quantitative estimate of drug-likeness (QED) is 0.394. The van der Waals surface area contributed by atoms with E-state index in [0.717, 1.165) is 44.7 Å². The lowest BCUT2D eigenvalue weighted by molar-refractivity contribution is 0.0864. The first-order chi connectivity index (χ1) is 19.0. The number of aromatic nitrogens is 2. The molecule has 1 fully saturated rings. The summed E-state index contributed by atoms with van der Waals surface area (Å²) in [5.41, 5.74) is 1.34. The molecule has 39 heavy (non-hydrogen) atoms. The van der Waals surface area contributed by atoms with Gasteiger partial charge < -0.3 is 25.2 Å². The highest BCUT2D eigenvalue weighted by Crippen LogP contribution is 2.30. The van der Waals surface area contributed by atoms with Crippen molar-refractivity contribution in [3.63, 3.8) is 0 Å². The van der Waals surface area contributed by atoms with Gasteiger partial charge in [0.25, 0.3) is 5.91 Å². The molecule has 206 valence electrons. The van der Waals surface area contributed by atoms with Gasteiger partial charge in [-0.05, 0) is 81.7 Å². The summed E-state index contributed by atoms with van der Waals surface area (Å²) in [6, 6.07) is 9.23. The molecule has 3 N–H and O–H groups in total. The number of anilines is 2. The molecule has 0 unspecified atom stereocenters. The zero-order valence-corrected chi connectivity index (χ0v) is 21.6. The third-order valence-corrected chi connectivity index (χ3v) is 7.02. The van der Waals surface area contributed by atoms with Gasteiger partial charge in [0.05, 0.1) is 31.1 Å². The number of nitrogens with one attached hydrogen (secondary N) is 2. The van der Waals surface area contributed by atoms with Crippen molar-refractivity contribution in [2.75, 3.05) is 18.5 Å². The largest absolute Gasteiger partial charge is 0.493 e. The number of benzene rings is 2. The molecule has 0 spiro atoms. The number of nitrogens with zero attached hydrogens (tertiary/aromatic N) is 2. The summed E-state index contributed by atoms with van der Waals surface area (Å²) in [4.78, 5) is 21.5. The number of aliphatic hydroxyl groups is 1. The van der Waals surface area contributed by atoms with Gasteiger partial charge in [-0.25, -0.2) is 18.7 Å². The number of halogens is 2. The fourth-order valence-electron chi connectivity index (χ4n) is 4.83. The summed E-state index contributed by atoms with van der Waals surface area (Å²) in [5, 5.41) is 15.9. The Kier molecular flexibility index (Phi) is 8.51. The second-order valence-electron chi connectivity index (χ2n) is 9.96. The predicted molar refractivity (Wildman–Crippen MR) is 142 cm³/mol. The average Bonchev–Trinajstić information content (AvgIpc) is 2.93. The highest BCUT2D eigenvalue weighted by molar-refractivity contribution is 5.97. The Balaban J connectivity index is 1.42. The smallest absolute Gasteiger partial charge is 0.255 e. The lowest BCUT2D eigenvalue weighted by atomic mass is 9.93. The highest BCUT2D eigenvalue weighted by atomic mass is 19.1. The second kappa shape index (κ2) is 12.4. The molecule has 0 radical (unpaired) electrons. The zero-order chi connectivity index (χ0) is 27.2. The Hall–Kier alpha value is -3.79. The molecule has 1 saturated carbocycles. The van der Waals surface area contributed by atoms with E-state index in [1.807, 2.05) is 0 Å². The fraction of sp³-hybridized carbons (Fsp3) is 0.414. The maximum Gasteiger partial charge on any atom is 0.255 e. The molecule has 1 amide bonds. The molecule has 1 aromatic heterocycles. The van der Waals surface area contributed by atoms with E-state index in [9.17, 15) is 18.7 Å². The highest BCUT2D eigenvalue weighted by Gasteiger charge is 2.23. The number of amides is 1. The SMILES string of the molecule is O=C(NC1CCC(O)CC1)c1ccc2cc1OCCCCCCOc1cc(ccc1F)-c1nc(ncc1F)N2. The van der Waals surface area contributed by atoms with Gasteiger partial charge in [0.1, 0.15) is 11.4 Å². The van der Waals surface area contributed by atoms with Crippen molar-refractivity contribution in [1.82, 2.24) is 15.3 Å². The minimum absolute atomic E-state index is 0.00328. The van der Waals surface area contributed by atoms with E-state index >= 15 is 0 Å². The van der Waals surface area contributed by atoms with Crippen molar-refractivity contribution in [2.24, 2.45) is 0 Å². The van der Waals surface area contributed by atoms with E-state index in [0.29, 0.717) is 48.6 Å². The van der Waals surface area contributed by atoms with E-state index in [1.165, 1.54) is 18.2 Å². The number of hydrogen-bond donors (Lipinski definition) is 3. The standard InChI is InChI=1S/C29H32F2N4O4/c30-23-12-5-18-15-26(23)39-14-4-2-1-3-13-38-25-16-20(34-29-32-17-24(31)27(18)35-29)8-11-22(25)28(37)33-19-6-9-21(36)10-7-19/h5,8,11-12,15-17,19,21,36H,1-4,6-7,9-10,13-14H2,(H,33,37)(H,32,34,35). The molecule has 1 aliphatic carbocycles. The first kappa shape index (κ1) is 26.8. The van der Waals surface area contributed by atoms with Crippen molar-refractivity contribution in [1.29, 1.82) is 0 Å². The van der Waals surface area contributed by atoms with Crippen molar-refractivity contribution in [3.05, 3.63) is 59.8 Å². The molecule has 3 aromatic rings. The van der Waals surface area contributed by atoms with Crippen LogP contribution in [-0.2, 0) is 0 Å². The number of carbonyl (C=O) groups excluding carboxylic acids is 1. The lowest BCUT2D eigenvalue weighted by Gasteiger charge is -2.26. The van der Waals surface area contributed by atoms with E-state index in [2.05, 4.69) is 20.6 Å². The molecular weight excluding hydrogens is 506 g/mol. The lowest BCUT2D eigenvalue weighted by Crippen LogP contribution is -2.38. The third kappa shape index (κ3) is 6.81. The van der Waals surface area contributed by atoms with Gasteiger partial charge in [-0.15, -0.1) is 0 Å². The van der Waals surface area contributed by atoms with Gasteiger partial charge in [-0.3, -0.25) is 4.79 Å². The van der Waals surface area contributed by atoms with Gasteiger partial charge in [0.15, 0.2) is 17.4 Å². The molecule has 1 aliphatic heterocycles. The fourth-order valence-corrected chi connectivity index (χ4v) is 4.83. The number of fused-ring (bicyclic) bond motifs is 7. The summed E-state index contributed by atoms with van der Waals surface area (Å²) in [5.74, 6) is -0.811. The molecule has 0 saturated heterocycles. The summed E-state index contributed by atoms with van der Waals surface area (Å²) < 4.78 is 40.7. The normalized spacial score (nSPS) is 19.9. The van der Waals surface area contributed by atoms with E-state index in [-0.39, 0.29) is 35.4 Å².